The summed E-state index contributed by atoms with van der Waals surface area (Å²) in [4.78, 5) is 12.1. The molecule has 0 radical (unpaired) electrons. The molecule has 0 bridgehead atoms. The van der Waals surface area contributed by atoms with Gasteiger partial charge >= 0.3 is 0 Å². The van der Waals surface area contributed by atoms with Crippen LogP contribution in [0.1, 0.15) is 15.9 Å². The van der Waals surface area contributed by atoms with E-state index in [9.17, 15) is 4.79 Å². The molecule has 0 saturated carbocycles. The van der Waals surface area contributed by atoms with Gasteiger partial charge in [-0.3, -0.25) is 4.79 Å². The lowest BCUT2D eigenvalue weighted by atomic mass is 10.2. The van der Waals surface area contributed by atoms with Gasteiger partial charge in [0.25, 0.3) is 5.91 Å². The summed E-state index contributed by atoms with van der Waals surface area (Å²) in [6, 6.07) is 21.5. The average molecular weight is 372 g/mol. The Bertz CT molecular complexity index is 865. The Morgan fingerprint density at radius 3 is 2.32 bits per heavy atom. The van der Waals surface area contributed by atoms with Crippen molar-refractivity contribution in [1.82, 2.24) is 0 Å². The summed E-state index contributed by atoms with van der Waals surface area (Å²) < 4.78 is 5.72. The number of anilines is 1. The number of halogens is 2. The first-order chi connectivity index (χ1) is 12.1. The van der Waals surface area contributed by atoms with Gasteiger partial charge in [-0.1, -0.05) is 47.5 Å². The summed E-state index contributed by atoms with van der Waals surface area (Å²) in [6.45, 7) is 0.339. The van der Waals surface area contributed by atoms with Crippen LogP contribution in [-0.2, 0) is 6.61 Å². The van der Waals surface area contributed by atoms with Crippen LogP contribution in [0.2, 0.25) is 10.0 Å². The van der Waals surface area contributed by atoms with E-state index in [1.807, 2.05) is 24.3 Å². The largest absolute Gasteiger partial charge is 0.489 e. The molecule has 3 aromatic rings. The molecule has 3 aromatic carbocycles. The lowest BCUT2D eigenvalue weighted by Crippen LogP contribution is -2.11. The highest BCUT2D eigenvalue weighted by Crippen LogP contribution is 2.23. The minimum absolute atomic E-state index is 0.151. The van der Waals surface area contributed by atoms with E-state index in [4.69, 9.17) is 27.9 Å². The van der Waals surface area contributed by atoms with Gasteiger partial charge in [0.15, 0.2) is 0 Å². The Balaban J connectivity index is 1.59. The van der Waals surface area contributed by atoms with Crippen LogP contribution in [0.5, 0.6) is 5.75 Å². The monoisotopic (exact) mass is 371 g/mol. The fraction of sp³-hybridized carbons (Fsp3) is 0.0500. The highest BCUT2D eigenvalue weighted by Gasteiger charge is 2.06. The number of hydrogen-bond acceptors (Lipinski definition) is 2. The molecule has 0 atom stereocenters. The standard InChI is InChI=1S/C20H15Cl2NO2/c21-16-7-6-15(19(22)12-16)13-25-18-10-8-17(9-11-18)23-20(24)14-4-2-1-3-5-14/h1-12H,13H2,(H,23,24). The predicted octanol–water partition coefficient (Wildman–Crippen LogP) is 5.82. The number of nitrogens with one attached hydrogen (secondary N) is 1. The second kappa shape index (κ2) is 8.06. The van der Waals surface area contributed by atoms with Gasteiger partial charge in [-0.15, -0.1) is 0 Å². The maximum Gasteiger partial charge on any atom is 0.255 e. The average Bonchev–Trinajstić information content (AvgIpc) is 2.63. The van der Waals surface area contributed by atoms with E-state index in [1.54, 1.807) is 48.5 Å². The van der Waals surface area contributed by atoms with Crippen LogP contribution in [0.3, 0.4) is 0 Å². The predicted molar refractivity (Wildman–Crippen MR) is 102 cm³/mol. The van der Waals surface area contributed by atoms with E-state index < -0.39 is 0 Å². The molecule has 0 saturated heterocycles. The third kappa shape index (κ3) is 4.75. The van der Waals surface area contributed by atoms with Gasteiger partial charge in [0.05, 0.1) is 0 Å². The molecule has 3 rings (SSSR count). The second-order valence-corrected chi connectivity index (χ2v) is 6.21. The van der Waals surface area contributed by atoms with Gasteiger partial charge in [0, 0.05) is 26.9 Å². The zero-order chi connectivity index (χ0) is 17.6. The maximum atomic E-state index is 12.1. The number of carbonyl (C=O) groups excluding carboxylic acids is 1. The number of ether oxygens (including phenoxy) is 1. The smallest absolute Gasteiger partial charge is 0.255 e. The summed E-state index contributed by atoms with van der Waals surface area (Å²) in [7, 11) is 0. The van der Waals surface area contributed by atoms with Crippen molar-refractivity contribution in [2.45, 2.75) is 6.61 Å². The van der Waals surface area contributed by atoms with Crippen molar-refractivity contribution in [2.75, 3.05) is 5.32 Å². The Hall–Kier alpha value is -2.49. The molecule has 0 aliphatic rings. The summed E-state index contributed by atoms with van der Waals surface area (Å²) in [5, 5.41) is 4.00. The normalized spacial score (nSPS) is 10.3. The third-order valence-electron chi connectivity index (χ3n) is 3.56. The first-order valence-corrected chi connectivity index (χ1v) is 8.40. The molecule has 0 aliphatic carbocycles. The van der Waals surface area contributed by atoms with E-state index in [-0.39, 0.29) is 5.91 Å². The number of hydrogen-bond donors (Lipinski definition) is 1. The van der Waals surface area contributed by atoms with Crippen molar-refractivity contribution >= 4 is 34.8 Å². The first kappa shape index (κ1) is 17.3. The highest BCUT2D eigenvalue weighted by molar-refractivity contribution is 6.35. The topological polar surface area (TPSA) is 38.3 Å². The van der Waals surface area contributed by atoms with E-state index in [1.165, 1.54) is 0 Å². The van der Waals surface area contributed by atoms with Gasteiger partial charge in [-0.25, -0.2) is 0 Å². The molecule has 126 valence electrons. The molecule has 0 aliphatic heterocycles. The minimum atomic E-state index is -0.151. The lowest BCUT2D eigenvalue weighted by molar-refractivity contribution is 0.102. The minimum Gasteiger partial charge on any atom is -0.489 e. The van der Waals surface area contributed by atoms with Gasteiger partial charge in [0.2, 0.25) is 0 Å². The molecule has 25 heavy (non-hydrogen) atoms. The fourth-order valence-corrected chi connectivity index (χ4v) is 2.69. The van der Waals surface area contributed by atoms with Crippen molar-refractivity contribution in [3.05, 3.63) is 94.0 Å². The Kier molecular flexibility index (Phi) is 5.59. The van der Waals surface area contributed by atoms with Gasteiger partial charge < -0.3 is 10.1 Å². The summed E-state index contributed by atoms with van der Waals surface area (Å²) >= 11 is 12.0. The van der Waals surface area contributed by atoms with Gasteiger partial charge in [-0.2, -0.15) is 0 Å². The van der Waals surface area contributed by atoms with E-state index >= 15 is 0 Å². The number of benzene rings is 3. The molecule has 0 aromatic heterocycles. The van der Waals surface area contributed by atoms with Crippen molar-refractivity contribution in [3.8, 4) is 5.75 Å². The molecule has 1 amide bonds. The second-order valence-electron chi connectivity index (χ2n) is 5.37. The molecule has 5 heteroatoms. The molecule has 0 unspecified atom stereocenters. The van der Waals surface area contributed by atoms with Crippen LogP contribution >= 0.6 is 23.2 Å². The summed E-state index contributed by atoms with van der Waals surface area (Å²) in [5.41, 5.74) is 2.17. The zero-order valence-corrected chi connectivity index (χ0v) is 14.7. The molecule has 1 N–H and O–H groups in total. The molecular weight excluding hydrogens is 357 g/mol. The van der Waals surface area contributed by atoms with Crippen molar-refractivity contribution in [1.29, 1.82) is 0 Å². The number of carbonyl (C=O) groups is 1. The van der Waals surface area contributed by atoms with E-state index in [0.717, 1.165) is 5.56 Å². The Labute approximate surface area is 156 Å². The van der Waals surface area contributed by atoms with Crippen LogP contribution in [0.25, 0.3) is 0 Å². The van der Waals surface area contributed by atoms with Crippen molar-refractivity contribution in [2.24, 2.45) is 0 Å². The van der Waals surface area contributed by atoms with Crippen LogP contribution in [0.15, 0.2) is 72.8 Å². The molecule has 0 heterocycles. The highest BCUT2D eigenvalue weighted by atomic mass is 35.5. The van der Waals surface area contributed by atoms with Crippen LogP contribution in [-0.4, -0.2) is 5.91 Å². The van der Waals surface area contributed by atoms with Crippen LogP contribution < -0.4 is 10.1 Å². The van der Waals surface area contributed by atoms with Crippen molar-refractivity contribution < 1.29 is 9.53 Å². The summed E-state index contributed by atoms with van der Waals surface area (Å²) in [6.07, 6.45) is 0. The number of amides is 1. The fourth-order valence-electron chi connectivity index (χ4n) is 2.23. The quantitative estimate of drug-likeness (QED) is 0.612. The first-order valence-electron chi connectivity index (χ1n) is 7.65. The van der Waals surface area contributed by atoms with Crippen LogP contribution in [0, 0.1) is 0 Å². The van der Waals surface area contributed by atoms with Crippen LogP contribution in [0.4, 0.5) is 5.69 Å². The Morgan fingerprint density at radius 2 is 1.64 bits per heavy atom. The van der Waals surface area contributed by atoms with E-state index in [2.05, 4.69) is 5.32 Å². The zero-order valence-electron chi connectivity index (χ0n) is 13.2. The van der Waals surface area contributed by atoms with E-state index in [0.29, 0.717) is 33.7 Å². The number of rotatable bonds is 5. The molecular formula is C20H15Cl2NO2. The molecule has 0 fully saturated rings. The van der Waals surface area contributed by atoms with Gasteiger partial charge in [-0.05, 0) is 48.5 Å². The summed E-state index contributed by atoms with van der Waals surface area (Å²) in [5.74, 6) is 0.533. The Morgan fingerprint density at radius 1 is 0.920 bits per heavy atom. The molecule has 3 nitrogen and oxygen atoms in total. The third-order valence-corrected chi connectivity index (χ3v) is 4.14. The lowest BCUT2D eigenvalue weighted by Gasteiger charge is -2.10. The van der Waals surface area contributed by atoms with Crippen molar-refractivity contribution in [3.63, 3.8) is 0 Å². The molecule has 0 spiro atoms. The van der Waals surface area contributed by atoms with Gasteiger partial charge in [0.1, 0.15) is 12.4 Å². The maximum absolute atomic E-state index is 12.1. The SMILES string of the molecule is O=C(Nc1ccc(OCc2ccc(Cl)cc2Cl)cc1)c1ccccc1.